The minimum Gasteiger partial charge on any atom is -0.494 e. The second kappa shape index (κ2) is 7.23. The van der Waals surface area contributed by atoms with Crippen molar-refractivity contribution in [2.75, 3.05) is 7.11 Å². The van der Waals surface area contributed by atoms with Crippen molar-refractivity contribution in [2.24, 2.45) is 0 Å². The van der Waals surface area contributed by atoms with Gasteiger partial charge in [0.2, 0.25) is 5.82 Å². The molecule has 0 aliphatic rings. The van der Waals surface area contributed by atoms with E-state index >= 15 is 0 Å². The van der Waals surface area contributed by atoms with Gasteiger partial charge in [-0.3, -0.25) is 9.59 Å². The van der Waals surface area contributed by atoms with E-state index in [9.17, 15) is 36.3 Å². The molecule has 0 aliphatic heterocycles. The normalized spacial score (nSPS) is 12.4. The summed E-state index contributed by atoms with van der Waals surface area (Å²) in [6, 6.07) is -0.601. The molecule has 11 heteroatoms. The van der Waals surface area contributed by atoms with E-state index < -0.39 is 59.2 Å². The SMILES string of the molecule is COc1ccc(C(=O)CC(NC(=O)C(F)(F)F)C(=O)O)c(F)c1F. The number of amides is 1. The molecule has 0 aliphatic carbocycles. The van der Waals surface area contributed by atoms with Crippen molar-refractivity contribution in [3.8, 4) is 5.75 Å². The van der Waals surface area contributed by atoms with Crippen LogP contribution in [0.3, 0.4) is 0 Å². The average Bonchev–Trinajstić information content (AvgIpc) is 2.47. The second-order valence-corrected chi connectivity index (χ2v) is 4.43. The Balaban J connectivity index is 3.00. The maximum absolute atomic E-state index is 13.7. The Hall–Kier alpha value is -2.72. The van der Waals surface area contributed by atoms with Crippen molar-refractivity contribution in [3.05, 3.63) is 29.3 Å². The topological polar surface area (TPSA) is 92.7 Å². The number of carbonyl (C=O) groups excluding carboxylic acids is 2. The predicted molar refractivity (Wildman–Crippen MR) is 67.5 cm³/mol. The molecule has 0 fully saturated rings. The molecule has 132 valence electrons. The number of benzene rings is 1. The molecule has 0 saturated carbocycles. The van der Waals surface area contributed by atoms with E-state index in [1.54, 1.807) is 0 Å². The van der Waals surface area contributed by atoms with Gasteiger partial charge in [0, 0.05) is 6.42 Å². The Kier molecular flexibility index (Phi) is 5.83. The van der Waals surface area contributed by atoms with Crippen LogP contribution in [-0.2, 0) is 9.59 Å². The van der Waals surface area contributed by atoms with Crippen molar-refractivity contribution in [1.29, 1.82) is 0 Å². The molecule has 24 heavy (non-hydrogen) atoms. The highest BCUT2D eigenvalue weighted by Gasteiger charge is 2.41. The van der Waals surface area contributed by atoms with E-state index in [0.29, 0.717) is 0 Å². The number of alkyl halides is 3. The molecule has 6 nitrogen and oxygen atoms in total. The number of nitrogens with one attached hydrogen (secondary N) is 1. The minimum atomic E-state index is -5.37. The quantitative estimate of drug-likeness (QED) is 0.598. The van der Waals surface area contributed by atoms with E-state index in [-0.39, 0.29) is 0 Å². The number of Topliss-reactive ketones (excluding diaryl/α,β-unsaturated/α-hetero) is 1. The molecule has 0 heterocycles. The number of hydrogen-bond donors (Lipinski definition) is 2. The monoisotopic (exact) mass is 355 g/mol. The lowest BCUT2D eigenvalue weighted by Gasteiger charge is -2.15. The summed E-state index contributed by atoms with van der Waals surface area (Å²) in [6.07, 6.45) is -6.58. The van der Waals surface area contributed by atoms with E-state index in [0.717, 1.165) is 24.6 Å². The fourth-order valence-electron chi connectivity index (χ4n) is 1.64. The van der Waals surface area contributed by atoms with Crippen LogP contribution in [0.4, 0.5) is 22.0 Å². The van der Waals surface area contributed by atoms with Gasteiger partial charge in [0.15, 0.2) is 17.3 Å². The van der Waals surface area contributed by atoms with Gasteiger partial charge in [0.05, 0.1) is 12.7 Å². The number of rotatable bonds is 6. The zero-order valence-electron chi connectivity index (χ0n) is 11.9. The van der Waals surface area contributed by atoms with Crippen LogP contribution in [0.2, 0.25) is 0 Å². The molecule has 1 aromatic rings. The van der Waals surface area contributed by atoms with Crippen molar-refractivity contribution in [2.45, 2.75) is 18.6 Å². The molecule has 1 unspecified atom stereocenters. The molecule has 0 bridgehead atoms. The lowest BCUT2D eigenvalue weighted by Crippen LogP contribution is -2.47. The molecular formula is C13H10F5NO5. The fraction of sp³-hybridized carbons (Fsp3) is 0.308. The van der Waals surface area contributed by atoms with Crippen LogP contribution in [0.25, 0.3) is 0 Å². The average molecular weight is 355 g/mol. The summed E-state index contributed by atoms with van der Waals surface area (Å²) >= 11 is 0. The first-order valence-corrected chi connectivity index (χ1v) is 6.14. The van der Waals surface area contributed by atoms with Gasteiger partial charge in [0.1, 0.15) is 6.04 Å². The summed E-state index contributed by atoms with van der Waals surface area (Å²) in [7, 11) is 1.03. The van der Waals surface area contributed by atoms with E-state index in [1.807, 2.05) is 0 Å². The van der Waals surface area contributed by atoms with Gasteiger partial charge in [-0.15, -0.1) is 0 Å². The lowest BCUT2D eigenvalue weighted by atomic mass is 10.0. The highest BCUT2D eigenvalue weighted by molar-refractivity contribution is 6.00. The third-order valence-corrected chi connectivity index (χ3v) is 2.82. The van der Waals surface area contributed by atoms with E-state index in [4.69, 9.17) is 5.11 Å². The molecule has 1 amide bonds. The first-order valence-electron chi connectivity index (χ1n) is 6.14. The Bertz CT molecular complexity index is 673. The highest BCUT2D eigenvalue weighted by Crippen LogP contribution is 2.23. The predicted octanol–water partition coefficient (Wildman–Crippen LogP) is 1.68. The van der Waals surface area contributed by atoms with Crippen molar-refractivity contribution >= 4 is 17.7 Å². The number of methoxy groups -OCH3 is 1. The Morgan fingerprint density at radius 1 is 1.21 bits per heavy atom. The van der Waals surface area contributed by atoms with Gasteiger partial charge in [-0.25, -0.2) is 9.18 Å². The minimum absolute atomic E-state index is 0.524. The van der Waals surface area contributed by atoms with Crippen molar-refractivity contribution < 1.29 is 46.2 Å². The number of carbonyl (C=O) groups is 3. The molecule has 1 aromatic carbocycles. The van der Waals surface area contributed by atoms with Crippen LogP contribution in [0.5, 0.6) is 5.75 Å². The second-order valence-electron chi connectivity index (χ2n) is 4.43. The molecule has 2 N–H and O–H groups in total. The van der Waals surface area contributed by atoms with Gasteiger partial charge in [-0.2, -0.15) is 17.6 Å². The molecule has 0 saturated heterocycles. The number of hydrogen-bond acceptors (Lipinski definition) is 4. The summed E-state index contributed by atoms with van der Waals surface area (Å²) in [5, 5.41) is 9.86. The van der Waals surface area contributed by atoms with Crippen LogP contribution in [0, 0.1) is 11.6 Å². The van der Waals surface area contributed by atoms with Gasteiger partial charge >= 0.3 is 18.1 Å². The van der Waals surface area contributed by atoms with Crippen LogP contribution in [0.15, 0.2) is 12.1 Å². The third-order valence-electron chi connectivity index (χ3n) is 2.82. The Labute approximate surface area is 131 Å². The first kappa shape index (κ1) is 19.3. The van der Waals surface area contributed by atoms with Crippen molar-refractivity contribution in [3.63, 3.8) is 0 Å². The summed E-state index contributed by atoms with van der Waals surface area (Å²) in [6.45, 7) is 0. The summed E-state index contributed by atoms with van der Waals surface area (Å²) < 4.78 is 68.0. The summed E-state index contributed by atoms with van der Waals surface area (Å²) in [5.74, 6) is -9.53. The number of carboxylic acid groups (broad SMARTS) is 1. The third kappa shape index (κ3) is 4.40. The Morgan fingerprint density at radius 2 is 1.79 bits per heavy atom. The molecule has 1 rings (SSSR count). The van der Waals surface area contributed by atoms with Crippen LogP contribution < -0.4 is 10.1 Å². The molecule has 1 atom stereocenters. The zero-order chi connectivity index (χ0) is 18.7. The number of ether oxygens (including phenoxy) is 1. The largest absolute Gasteiger partial charge is 0.494 e. The smallest absolute Gasteiger partial charge is 0.471 e. The standard InChI is InChI=1S/C13H10F5NO5/c1-24-8-3-2-5(9(14)10(8)15)7(20)4-6(11(21)22)19-12(23)13(16,17)18/h2-3,6H,4H2,1H3,(H,19,23)(H,21,22). The number of ketones is 1. The van der Waals surface area contributed by atoms with Crippen LogP contribution in [-0.4, -0.2) is 42.1 Å². The number of carboxylic acids is 1. The van der Waals surface area contributed by atoms with Gasteiger partial charge in [-0.1, -0.05) is 0 Å². The van der Waals surface area contributed by atoms with Crippen LogP contribution >= 0.6 is 0 Å². The highest BCUT2D eigenvalue weighted by atomic mass is 19.4. The number of halogens is 5. The maximum Gasteiger partial charge on any atom is 0.471 e. The first-order chi connectivity index (χ1) is 11.0. The maximum atomic E-state index is 13.7. The van der Waals surface area contributed by atoms with Crippen LogP contribution in [0.1, 0.15) is 16.8 Å². The van der Waals surface area contributed by atoms with E-state index in [2.05, 4.69) is 4.74 Å². The van der Waals surface area contributed by atoms with Crippen molar-refractivity contribution in [1.82, 2.24) is 5.32 Å². The van der Waals surface area contributed by atoms with Gasteiger partial charge in [0.25, 0.3) is 0 Å². The number of aliphatic carboxylic acids is 1. The molecular weight excluding hydrogens is 345 g/mol. The molecule has 0 radical (unpaired) electrons. The summed E-state index contributed by atoms with van der Waals surface area (Å²) in [5.41, 5.74) is -0.888. The fourth-order valence-corrected chi connectivity index (χ4v) is 1.64. The molecule has 0 spiro atoms. The van der Waals surface area contributed by atoms with Gasteiger partial charge in [-0.05, 0) is 12.1 Å². The van der Waals surface area contributed by atoms with E-state index in [1.165, 1.54) is 0 Å². The Morgan fingerprint density at radius 3 is 2.25 bits per heavy atom. The lowest BCUT2D eigenvalue weighted by molar-refractivity contribution is -0.175. The molecule has 0 aromatic heterocycles. The summed E-state index contributed by atoms with van der Waals surface area (Å²) in [4.78, 5) is 33.4. The van der Waals surface area contributed by atoms with Gasteiger partial charge < -0.3 is 15.2 Å². The zero-order valence-corrected chi connectivity index (χ0v) is 11.9.